The highest BCUT2D eigenvalue weighted by Crippen LogP contribution is 2.16. The fourth-order valence-corrected chi connectivity index (χ4v) is 3.99. The Morgan fingerprint density at radius 2 is 1.50 bits per heavy atom. The molecule has 0 amide bonds. The van der Waals surface area contributed by atoms with Crippen molar-refractivity contribution in [2.75, 3.05) is 32.4 Å². The first kappa shape index (κ1) is 19.1. The van der Waals surface area contributed by atoms with Crippen LogP contribution in [0.4, 0.5) is 0 Å². The maximum Gasteiger partial charge on any atom is 0.175 e. The summed E-state index contributed by atoms with van der Waals surface area (Å²) in [6.45, 7) is 8.00. The van der Waals surface area contributed by atoms with Crippen molar-refractivity contribution in [3.8, 4) is 0 Å². The fraction of sp³-hybridized carbons (Fsp3) is 0.500. The monoisotopic (exact) mass is 376 g/mol. The molecule has 1 saturated heterocycles. The minimum Gasteiger partial charge on any atom is -0.465 e. The largest absolute Gasteiger partial charge is 0.465 e. The SMILES string of the molecule is CCc1ccc(CN2CCCN(Cc3ccc(S(C)(=O)=O)cc3)CC2)o1. The third-order valence-electron chi connectivity index (χ3n) is 4.88. The van der Waals surface area contributed by atoms with Crippen LogP contribution in [0.15, 0.2) is 45.7 Å². The highest BCUT2D eigenvalue weighted by atomic mass is 32.2. The zero-order valence-electron chi connectivity index (χ0n) is 15.6. The van der Waals surface area contributed by atoms with Gasteiger partial charge in [-0.1, -0.05) is 19.1 Å². The van der Waals surface area contributed by atoms with Gasteiger partial charge in [0.15, 0.2) is 9.84 Å². The van der Waals surface area contributed by atoms with Crippen molar-refractivity contribution in [3.05, 3.63) is 53.5 Å². The van der Waals surface area contributed by atoms with Crippen molar-refractivity contribution in [3.63, 3.8) is 0 Å². The van der Waals surface area contributed by atoms with Crippen molar-refractivity contribution in [2.24, 2.45) is 0 Å². The molecule has 142 valence electrons. The van der Waals surface area contributed by atoms with Crippen LogP contribution in [0.25, 0.3) is 0 Å². The summed E-state index contributed by atoms with van der Waals surface area (Å²) < 4.78 is 29.0. The second-order valence-corrected chi connectivity index (χ2v) is 9.06. The molecular weight excluding hydrogens is 348 g/mol. The predicted octanol–water partition coefficient (Wildman–Crippen LogP) is 2.95. The van der Waals surface area contributed by atoms with E-state index >= 15 is 0 Å². The molecule has 0 radical (unpaired) electrons. The molecule has 1 aliphatic heterocycles. The van der Waals surface area contributed by atoms with Gasteiger partial charge in [-0.2, -0.15) is 0 Å². The topological polar surface area (TPSA) is 53.8 Å². The van der Waals surface area contributed by atoms with E-state index in [9.17, 15) is 8.42 Å². The van der Waals surface area contributed by atoms with Gasteiger partial charge in [-0.25, -0.2) is 8.42 Å². The van der Waals surface area contributed by atoms with Crippen LogP contribution in [0.5, 0.6) is 0 Å². The van der Waals surface area contributed by atoms with Gasteiger partial charge in [-0.15, -0.1) is 0 Å². The average Bonchev–Trinajstić information content (AvgIpc) is 2.95. The molecule has 5 nitrogen and oxygen atoms in total. The Labute approximate surface area is 156 Å². The summed E-state index contributed by atoms with van der Waals surface area (Å²) in [4.78, 5) is 5.27. The Kier molecular flexibility index (Phi) is 6.16. The summed E-state index contributed by atoms with van der Waals surface area (Å²) in [5, 5.41) is 0. The molecule has 1 aromatic carbocycles. The van der Waals surface area contributed by atoms with Crippen LogP contribution in [-0.2, 0) is 29.3 Å². The van der Waals surface area contributed by atoms with Crippen LogP contribution >= 0.6 is 0 Å². The number of nitrogens with zero attached hydrogens (tertiary/aromatic N) is 2. The highest BCUT2D eigenvalue weighted by molar-refractivity contribution is 7.90. The first-order valence-electron chi connectivity index (χ1n) is 9.25. The number of aryl methyl sites for hydroxylation is 1. The summed E-state index contributed by atoms with van der Waals surface area (Å²) in [6, 6.07) is 11.4. The summed E-state index contributed by atoms with van der Waals surface area (Å²) in [6.07, 6.45) is 3.31. The van der Waals surface area contributed by atoms with E-state index in [1.807, 2.05) is 12.1 Å². The van der Waals surface area contributed by atoms with Gasteiger partial charge in [-0.05, 0) is 49.3 Å². The maximum atomic E-state index is 11.6. The zero-order chi connectivity index (χ0) is 18.6. The molecule has 1 fully saturated rings. The number of sulfone groups is 1. The van der Waals surface area contributed by atoms with E-state index in [2.05, 4.69) is 28.9 Å². The smallest absolute Gasteiger partial charge is 0.175 e. The van der Waals surface area contributed by atoms with Crippen molar-refractivity contribution in [1.82, 2.24) is 9.80 Å². The van der Waals surface area contributed by atoms with Gasteiger partial charge in [0.1, 0.15) is 11.5 Å². The Bertz CT molecular complexity index is 812. The fourth-order valence-electron chi connectivity index (χ4n) is 3.36. The van der Waals surface area contributed by atoms with E-state index in [0.29, 0.717) is 4.90 Å². The molecule has 0 atom stereocenters. The van der Waals surface area contributed by atoms with Crippen LogP contribution in [0.2, 0.25) is 0 Å². The van der Waals surface area contributed by atoms with Gasteiger partial charge >= 0.3 is 0 Å². The molecule has 26 heavy (non-hydrogen) atoms. The Morgan fingerprint density at radius 1 is 0.885 bits per heavy atom. The number of rotatable bonds is 6. The van der Waals surface area contributed by atoms with E-state index < -0.39 is 9.84 Å². The van der Waals surface area contributed by atoms with E-state index in [-0.39, 0.29) is 0 Å². The predicted molar refractivity (Wildman–Crippen MR) is 103 cm³/mol. The molecule has 2 heterocycles. The molecule has 2 aromatic rings. The molecule has 0 bridgehead atoms. The number of hydrogen-bond acceptors (Lipinski definition) is 5. The van der Waals surface area contributed by atoms with Crippen LogP contribution in [0, 0.1) is 0 Å². The third-order valence-corrected chi connectivity index (χ3v) is 6.01. The van der Waals surface area contributed by atoms with Gasteiger partial charge in [0, 0.05) is 32.3 Å². The molecule has 0 unspecified atom stereocenters. The van der Waals surface area contributed by atoms with E-state index in [1.165, 1.54) is 6.26 Å². The summed E-state index contributed by atoms with van der Waals surface area (Å²) >= 11 is 0. The van der Waals surface area contributed by atoms with Crippen molar-refractivity contribution >= 4 is 9.84 Å². The number of benzene rings is 1. The Morgan fingerprint density at radius 3 is 2.08 bits per heavy atom. The van der Waals surface area contributed by atoms with E-state index in [1.54, 1.807) is 12.1 Å². The summed E-state index contributed by atoms with van der Waals surface area (Å²) in [5.74, 6) is 2.10. The molecule has 0 aliphatic carbocycles. The molecule has 6 heteroatoms. The average molecular weight is 377 g/mol. The molecular formula is C20H28N2O3S. The summed E-state index contributed by atoms with van der Waals surface area (Å²) in [7, 11) is -3.13. The van der Waals surface area contributed by atoms with Crippen molar-refractivity contribution in [1.29, 1.82) is 0 Å². The van der Waals surface area contributed by atoms with E-state index in [0.717, 1.165) is 69.2 Å². The molecule has 1 aromatic heterocycles. The van der Waals surface area contributed by atoms with Crippen molar-refractivity contribution in [2.45, 2.75) is 37.8 Å². The van der Waals surface area contributed by atoms with E-state index in [4.69, 9.17) is 4.42 Å². The minimum atomic E-state index is -3.13. The molecule has 0 N–H and O–H groups in total. The van der Waals surface area contributed by atoms with Gasteiger partial charge in [0.2, 0.25) is 0 Å². The lowest BCUT2D eigenvalue weighted by Gasteiger charge is -2.21. The molecule has 3 rings (SSSR count). The van der Waals surface area contributed by atoms with Crippen LogP contribution in [0.3, 0.4) is 0 Å². The van der Waals surface area contributed by atoms with Crippen LogP contribution in [-0.4, -0.2) is 50.7 Å². The molecule has 0 saturated carbocycles. The first-order chi connectivity index (χ1) is 12.4. The normalized spacial score (nSPS) is 17.3. The summed E-state index contributed by atoms with van der Waals surface area (Å²) in [5.41, 5.74) is 1.16. The quantitative estimate of drug-likeness (QED) is 0.776. The second kappa shape index (κ2) is 8.37. The molecule has 1 aliphatic rings. The lowest BCUT2D eigenvalue weighted by atomic mass is 10.2. The maximum absolute atomic E-state index is 11.6. The molecule has 0 spiro atoms. The van der Waals surface area contributed by atoms with Gasteiger partial charge in [0.25, 0.3) is 0 Å². The number of hydrogen-bond donors (Lipinski definition) is 0. The minimum absolute atomic E-state index is 0.383. The highest BCUT2D eigenvalue weighted by Gasteiger charge is 2.16. The Hall–Kier alpha value is -1.63. The van der Waals surface area contributed by atoms with Gasteiger partial charge < -0.3 is 4.42 Å². The van der Waals surface area contributed by atoms with Gasteiger partial charge in [0.05, 0.1) is 11.4 Å². The standard InChI is InChI=1S/C20H28N2O3S/c1-3-18-7-8-19(25-18)16-22-12-4-11-21(13-14-22)15-17-5-9-20(10-6-17)26(2,23)24/h5-10H,3-4,11-16H2,1-2H3. The zero-order valence-corrected chi connectivity index (χ0v) is 16.5. The lowest BCUT2D eigenvalue weighted by Crippen LogP contribution is -2.30. The van der Waals surface area contributed by atoms with Crippen molar-refractivity contribution < 1.29 is 12.8 Å². The van der Waals surface area contributed by atoms with Gasteiger partial charge in [-0.3, -0.25) is 9.80 Å². The van der Waals surface area contributed by atoms with Crippen LogP contribution < -0.4 is 0 Å². The Balaban J connectivity index is 1.53. The lowest BCUT2D eigenvalue weighted by molar-refractivity contribution is 0.233. The number of furan rings is 1. The first-order valence-corrected chi connectivity index (χ1v) is 11.1. The van der Waals surface area contributed by atoms with Crippen LogP contribution in [0.1, 0.15) is 30.4 Å². The second-order valence-electron chi connectivity index (χ2n) is 7.04. The third kappa shape index (κ3) is 5.19.